The smallest absolute Gasteiger partial charge is 0.350 e. The minimum atomic E-state index is -0.786. The van der Waals surface area contributed by atoms with E-state index in [2.05, 4.69) is 10.1 Å². The molecule has 7 heteroatoms. The van der Waals surface area contributed by atoms with E-state index in [0.717, 1.165) is 12.8 Å². The SMILES string of the molecule is O=C(O)CCCCCn1nc2cnccn2c1=O. The monoisotopic (exact) mass is 250 g/mol. The molecule has 0 aliphatic heterocycles. The molecule has 0 aliphatic carbocycles. The molecule has 0 aromatic carbocycles. The summed E-state index contributed by atoms with van der Waals surface area (Å²) in [5, 5.41) is 12.6. The number of fused-ring (bicyclic) bond motifs is 1. The summed E-state index contributed by atoms with van der Waals surface area (Å²) in [6.07, 6.45) is 6.94. The van der Waals surface area contributed by atoms with Crippen molar-refractivity contribution in [3.05, 3.63) is 29.1 Å². The van der Waals surface area contributed by atoms with Crippen molar-refractivity contribution in [2.75, 3.05) is 0 Å². The second-order valence-electron chi connectivity index (χ2n) is 4.01. The summed E-state index contributed by atoms with van der Waals surface area (Å²) in [4.78, 5) is 26.1. The number of carboxylic acids is 1. The van der Waals surface area contributed by atoms with E-state index in [0.29, 0.717) is 18.6 Å². The molecule has 0 saturated heterocycles. The Hall–Kier alpha value is -2.18. The van der Waals surface area contributed by atoms with Gasteiger partial charge < -0.3 is 5.11 Å². The molecule has 7 nitrogen and oxygen atoms in total. The minimum absolute atomic E-state index is 0.171. The van der Waals surface area contributed by atoms with Gasteiger partial charge in [-0.3, -0.25) is 9.78 Å². The van der Waals surface area contributed by atoms with E-state index in [1.54, 1.807) is 6.20 Å². The molecule has 0 aliphatic rings. The first-order valence-electron chi connectivity index (χ1n) is 5.79. The summed E-state index contributed by atoms with van der Waals surface area (Å²) in [5.41, 5.74) is 0.332. The lowest BCUT2D eigenvalue weighted by molar-refractivity contribution is -0.137. The number of nitrogens with zero attached hydrogens (tertiary/aromatic N) is 4. The highest BCUT2D eigenvalue weighted by atomic mass is 16.4. The minimum Gasteiger partial charge on any atom is -0.481 e. The summed E-state index contributed by atoms with van der Waals surface area (Å²) < 4.78 is 2.82. The quantitative estimate of drug-likeness (QED) is 0.755. The summed E-state index contributed by atoms with van der Waals surface area (Å²) in [6.45, 7) is 0.500. The number of unbranched alkanes of at least 4 members (excludes halogenated alkanes) is 2. The zero-order valence-electron chi connectivity index (χ0n) is 9.82. The van der Waals surface area contributed by atoms with Gasteiger partial charge in [0.2, 0.25) is 0 Å². The van der Waals surface area contributed by atoms with Crippen molar-refractivity contribution in [3.63, 3.8) is 0 Å². The number of hydrogen-bond acceptors (Lipinski definition) is 4. The maximum absolute atomic E-state index is 11.8. The van der Waals surface area contributed by atoms with Crippen LogP contribution in [0.5, 0.6) is 0 Å². The number of carboxylic acid groups (broad SMARTS) is 1. The van der Waals surface area contributed by atoms with Gasteiger partial charge in [-0.05, 0) is 12.8 Å². The van der Waals surface area contributed by atoms with Gasteiger partial charge in [-0.1, -0.05) is 6.42 Å². The Morgan fingerprint density at radius 1 is 1.33 bits per heavy atom. The van der Waals surface area contributed by atoms with E-state index in [-0.39, 0.29) is 12.1 Å². The van der Waals surface area contributed by atoms with E-state index < -0.39 is 5.97 Å². The van der Waals surface area contributed by atoms with Gasteiger partial charge in [-0.25, -0.2) is 13.9 Å². The molecule has 0 radical (unpaired) electrons. The molecule has 2 aromatic heterocycles. The van der Waals surface area contributed by atoms with Gasteiger partial charge in [0, 0.05) is 25.4 Å². The van der Waals surface area contributed by atoms with Crippen LogP contribution in [0.15, 0.2) is 23.4 Å². The molecule has 2 aromatic rings. The maximum atomic E-state index is 11.8. The van der Waals surface area contributed by atoms with Crippen LogP contribution >= 0.6 is 0 Å². The van der Waals surface area contributed by atoms with Gasteiger partial charge in [0.15, 0.2) is 5.65 Å². The average Bonchev–Trinajstić information content (AvgIpc) is 2.66. The fraction of sp³-hybridized carbons (Fsp3) is 0.455. The van der Waals surface area contributed by atoms with Crippen LogP contribution in [0.2, 0.25) is 0 Å². The van der Waals surface area contributed by atoms with E-state index in [1.165, 1.54) is 21.5 Å². The Morgan fingerprint density at radius 3 is 2.89 bits per heavy atom. The predicted octanol–water partition coefficient (Wildman–Crippen LogP) is 0.536. The molecule has 0 unspecified atom stereocenters. The molecule has 0 atom stereocenters. The van der Waals surface area contributed by atoms with Gasteiger partial charge in [-0.15, -0.1) is 5.10 Å². The van der Waals surface area contributed by atoms with Gasteiger partial charge in [0.1, 0.15) is 0 Å². The molecule has 2 rings (SSSR count). The molecule has 0 amide bonds. The first-order valence-corrected chi connectivity index (χ1v) is 5.79. The lowest BCUT2D eigenvalue weighted by Crippen LogP contribution is -2.21. The molecule has 18 heavy (non-hydrogen) atoms. The standard InChI is InChI=1S/C11H14N4O3/c16-10(17)4-2-1-3-6-15-11(18)14-7-5-12-8-9(14)13-15/h5,7-8H,1-4,6H2,(H,16,17). The van der Waals surface area contributed by atoms with Crippen LogP contribution in [0.1, 0.15) is 25.7 Å². The molecule has 2 heterocycles. The van der Waals surface area contributed by atoms with Crippen LogP contribution in [0.3, 0.4) is 0 Å². The van der Waals surface area contributed by atoms with Crippen molar-refractivity contribution in [1.29, 1.82) is 0 Å². The van der Waals surface area contributed by atoms with Gasteiger partial charge >= 0.3 is 11.7 Å². The molecule has 1 N–H and O–H groups in total. The molecule has 0 spiro atoms. The van der Waals surface area contributed by atoms with E-state index in [1.807, 2.05) is 0 Å². The van der Waals surface area contributed by atoms with Crippen LogP contribution in [-0.4, -0.2) is 30.2 Å². The van der Waals surface area contributed by atoms with Gasteiger partial charge in [-0.2, -0.15) is 0 Å². The van der Waals surface area contributed by atoms with E-state index in [4.69, 9.17) is 5.11 Å². The van der Waals surface area contributed by atoms with Crippen LogP contribution < -0.4 is 5.69 Å². The Balaban J connectivity index is 1.94. The molecule has 0 fully saturated rings. The summed E-state index contributed by atoms with van der Waals surface area (Å²) in [6, 6.07) is 0. The van der Waals surface area contributed by atoms with Gasteiger partial charge in [0.05, 0.1) is 6.20 Å². The summed E-state index contributed by atoms with van der Waals surface area (Å²) in [5.74, 6) is -0.786. The second-order valence-corrected chi connectivity index (χ2v) is 4.01. The first-order chi connectivity index (χ1) is 8.68. The third-order valence-corrected chi connectivity index (χ3v) is 2.65. The molecule has 0 bridgehead atoms. The number of hydrogen-bond donors (Lipinski definition) is 1. The van der Waals surface area contributed by atoms with Crippen LogP contribution in [0.4, 0.5) is 0 Å². The molecular weight excluding hydrogens is 236 g/mol. The third kappa shape index (κ3) is 2.73. The highest BCUT2D eigenvalue weighted by molar-refractivity contribution is 5.66. The lowest BCUT2D eigenvalue weighted by atomic mass is 10.2. The lowest BCUT2D eigenvalue weighted by Gasteiger charge is -1.98. The maximum Gasteiger partial charge on any atom is 0.350 e. The fourth-order valence-corrected chi connectivity index (χ4v) is 1.74. The second kappa shape index (κ2) is 5.44. The Morgan fingerprint density at radius 2 is 2.17 bits per heavy atom. The van der Waals surface area contributed by atoms with Crippen LogP contribution in [0.25, 0.3) is 5.65 Å². The van der Waals surface area contributed by atoms with Gasteiger partial charge in [0.25, 0.3) is 0 Å². The van der Waals surface area contributed by atoms with E-state index in [9.17, 15) is 9.59 Å². The average molecular weight is 250 g/mol. The number of aromatic nitrogens is 4. The Kier molecular flexibility index (Phi) is 3.71. The van der Waals surface area contributed by atoms with Crippen molar-refractivity contribution in [1.82, 2.24) is 19.2 Å². The Labute approximate surface area is 103 Å². The molecule has 0 saturated carbocycles. The number of aliphatic carboxylic acids is 1. The van der Waals surface area contributed by atoms with Crippen molar-refractivity contribution in [2.45, 2.75) is 32.2 Å². The van der Waals surface area contributed by atoms with Crippen molar-refractivity contribution < 1.29 is 9.90 Å². The zero-order chi connectivity index (χ0) is 13.0. The normalized spacial score (nSPS) is 10.9. The largest absolute Gasteiger partial charge is 0.481 e. The van der Waals surface area contributed by atoms with Crippen molar-refractivity contribution in [2.24, 2.45) is 0 Å². The summed E-state index contributed by atoms with van der Waals surface area (Å²) >= 11 is 0. The highest BCUT2D eigenvalue weighted by Crippen LogP contribution is 2.01. The molecule has 96 valence electrons. The van der Waals surface area contributed by atoms with Crippen molar-refractivity contribution >= 4 is 11.6 Å². The zero-order valence-corrected chi connectivity index (χ0v) is 9.82. The summed E-state index contributed by atoms with van der Waals surface area (Å²) in [7, 11) is 0. The van der Waals surface area contributed by atoms with E-state index >= 15 is 0 Å². The first kappa shape index (κ1) is 12.3. The predicted molar refractivity (Wildman–Crippen MR) is 63.4 cm³/mol. The van der Waals surface area contributed by atoms with Crippen molar-refractivity contribution in [3.8, 4) is 0 Å². The highest BCUT2D eigenvalue weighted by Gasteiger charge is 2.05. The third-order valence-electron chi connectivity index (χ3n) is 2.65. The number of carbonyl (C=O) groups is 1. The molecular formula is C11H14N4O3. The number of rotatable bonds is 6. The van der Waals surface area contributed by atoms with Crippen LogP contribution in [0, 0.1) is 0 Å². The Bertz CT molecular complexity index is 602. The topological polar surface area (TPSA) is 89.5 Å². The fourth-order valence-electron chi connectivity index (χ4n) is 1.74. The number of aryl methyl sites for hydroxylation is 1. The van der Waals surface area contributed by atoms with Crippen LogP contribution in [-0.2, 0) is 11.3 Å².